The molecule has 4 nitrogen and oxygen atoms in total. The molecule has 1 unspecified atom stereocenters. The Morgan fingerprint density at radius 1 is 1.40 bits per heavy atom. The van der Waals surface area contributed by atoms with Gasteiger partial charge in [-0.05, 0) is 36.1 Å². The van der Waals surface area contributed by atoms with Crippen molar-refractivity contribution in [3.8, 4) is 0 Å². The maximum absolute atomic E-state index is 12.2. The number of halogens is 1. The number of thioether (sulfide) groups is 1. The van der Waals surface area contributed by atoms with E-state index in [2.05, 4.69) is 27.3 Å². The maximum Gasteiger partial charge on any atom is 0.319 e. The van der Waals surface area contributed by atoms with Gasteiger partial charge in [-0.2, -0.15) is 11.8 Å². The molecule has 20 heavy (non-hydrogen) atoms. The molecule has 1 heterocycles. The second kappa shape index (κ2) is 5.07. The number of rotatable bonds is 3. The van der Waals surface area contributed by atoms with Crippen molar-refractivity contribution in [2.45, 2.75) is 24.6 Å². The van der Waals surface area contributed by atoms with Crippen LogP contribution in [-0.4, -0.2) is 22.7 Å². The van der Waals surface area contributed by atoms with Crippen LogP contribution in [0.1, 0.15) is 30.0 Å². The van der Waals surface area contributed by atoms with Gasteiger partial charge in [-0.25, -0.2) is 0 Å². The Hall–Kier alpha value is -1.01. The first kappa shape index (κ1) is 13.9. The van der Waals surface area contributed by atoms with Crippen LogP contribution in [0.15, 0.2) is 22.7 Å². The minimum Gasteiger partial charge on any atom is -0.480 e. The quantitative estimate of drug-likeness (QED) is 0.818. The van der Waals surface area contributed by atoms with Crippen LogP contribution >= 0.6 is 27.7 Å². The van der Waals surface area contributed by atoms with Gasteiger partial charge in [0.05, 0.1) is 6.04 Å². The summed E-state index contributed by atoms with van der Waals surface area (Å²) in [5, 5.41) is 12.1. The number of carboxylic acids is 1. The van der Waals surface area contributed by atoms with Crippen molar-refractivity contribution in [2.24, 2.45) is 5.41 Å². The fraction of sp³-hybridized carbons (Fsp3) is 0.429. The number of carbonyl (C=O) groups excluding carboxylic acids is 1. The molecule has 2 aliphatic rings. The smallest absolute Gasteiger partial charge is 0.319 e. The lowest BCUT2D eigenvalue weighted by molar-refractivity contribution is -0.149. The van der Waals surface area contributed by atoms with Crippen molar-refractivity contribution in [1.82, 2.24) is 5.32 Å². The fourth-order valence-electron chi connectivity index (χ4n) is 2.48. The Bertz CT molecular complexity index is 586. The molecular weight excluding hydrogens is 342 g/mol. The summed E-state index contributed by atoms with van der Waals surface area (Å²) in [6.07, 6.45) is 0.888. The van der Waals surface area contributed by atoms with E-state index in [1.165, 1.54) is 5.56 Å². The van der Waals surface area contributed by atoms with Crippen molar-refractivity contribution >= 4 is 39.6 Å². The Morgan fingerprint density at radius 3 is 2.80 bits per heavy atom. The normalized spacial score (nSPS) is 22.8. The number of amides is 1. The Labute approximate surface area is 129 Å². The molecule has 1 amide bonds. The zero-order chi connectivity index (χ0) is 14.3. The number of fused-ring (bicyclic) bond motifs is 1. The van der Waals surface area contributed by atoms with Crippen molar-refractivity contribution in [1.29, 1.82) is 0 Å². The van der Waals surface area contributed by atoms with E-state index < -0.39 is 11.4 Å². The Morgan fingerprint density at radius 2 is 2.15 bits per heavy atom. The average molecular weight is 356 g/mol. The van der Waals surface area contributed by atoms with Crippen LogP contribution in [0, 0.1) is 5.41 Å². The molecule has 106 valence electrons. The van der Waals surface area contributed by atoms with Crippen molar-refractivity contribution in [2.75, 3.05) is 5.75 Å². The van der Waals surface area contributed by atoms with E-state index in [0.29, 0.717) is 12.8 Å². The molecular formula is C14H14BrNO3S. The summed E-state index contributed by atoms with van der Waals surface area (Å²) >= 11 is 5.20. The van der Waals surface area contributed by atoms with Gasteiger partial charge in [-0.15, -0.1) is 0 Å². The van der Waals surface area contributed by atoms with E-state index in [1.54, 1.807) is 11.8 Å². The Kier molecular flexibility index (Phi) is 3.54. The van der Waals surface area contributed by atoms with Crippen molar-refractivity contribution in [3.05, 3.63) is 33.8 Å². The van der Waals surface area contributed by atoms with Gasteiger partial charge < -0.3 is 10.4 Å². The van der Waals surface area contributed by atoms with E-state index in [-0.39, 0.29) is 11.9 Å². The lowest BCUT2D eigenvalue weighted by Gasteiger charge is -2.27. The molecule has 3 rings (SSSR count). The highest BCUT2D eigenvalue weighted by Crippen LogP contribution is 2.47. The van der Waals surface area contributed by atoms with E-state index >= 15 is 0 Å². The molecule has 0 radical (unpaired) electrons. The molecule has 1 atom stereocenters. The second-order valence-electron chi connectivity index (χ2n) is 5.27. The lowest BCUT2D eigenvalue weighted by atomic mass is 10.00. The van der Waals surface area contributed by atoms with Gasteiger partial charge in [0.1, 0.15) is 5.41 Å². The molecule has 6 heteroatoms. The van der Waals surface area contributed by atoms with Crippen LogP contribution in [0.25, 0.3) is 0 Å². The first-order valence-electron chi connectivity index (χ1n) is 6.43. The molecule has 1 saturated carbocycles. The van der Waals surface area contributed by atoms with Gasteiger partial charge in [-0.3, -0.25) is 9.59 Å². The number of benzene rings is 1. The van der Waals surface area contributed by atoms with Gasteiger partial charge >= 0.3 is 5.97 Å². The number of carbonyl (C=O) groups is 2. The summed E-state index contributed by atoms with van der Waals surface area (Å²) in [7, 11) is 0. The molecule has 0 aromatic heterocycles. The summed E-state index contributed by atoms with van der Waals surface area (Å²) < 4.78 is 0.974. The monoisotopic (exact) mass is 355 g/mol. The molecule has 1 aliphatic heterocycles. The summed E-state index contributed by atoms with van der Waals surface area (Å²) in [6.45, 7) is 0. The summed E-state index contributed by atoms with van der Waals surface area (Å²) in [4.78, 5) is 23.4. The minimum absolute atomic E-state index is 0.106. The molecule has 0 saturated heterocycles. The molecule has 2 N–H and O–H groups in total. The zero-order valence-electron chi connectivity index (χ0n) is 10.7. The van der Waals surface area contributed by atoms with Crippen LogP contribution in [0.4, 0.5) is 0 Å². The lowest BCUT2D eigenvalue weighted by Crippen LogP contribution is -2.40. The molecule has 0 bridgehead atoms. The van der Waals surface area contributed by atoms with Crippen LogP contribution in [0.2, 0.25) is 0 Å². The van der Waals surface area contributed by atoms with E-state index in [1.807, 2.05) is 12.1 Å². The third-order valence-corrected chi connectivity index (χ3v) is 5.50. The number of hydrogen-bond acceptors (Lipinski definition) is 3. The van der Waals surface area contributed by atoms with Crippen LogP contribution in [0.3, 0.4) is 0 Å². The van der Waals surface area contributed by atoms with E-state index in [0.717, 1.165) is 21.5 Å². The highest BCUT2D eigenvalue weighted by atomic mass is 79.9. The van der Waals surface area contributed by atoms with Crippen LogP contribution < -0.4 is 5.32 Å². The highest BCUT2D eigenvalue weighted by molar-refractivity contribution is 9.10. The number of carboxylic acid groups (broad SMARTS) is 1. The molecule has 1 fully saturated rings. The van der Waals surface area contributed by atoms with Gasteiger partial charge in [0.2, 0.25) is 5.91 Å². The first-order chi connectivity index (χ1) is 9.53. The van der Waals surface area contributed by atoms with E-state index in [4.69, 9.17) is 5.11 Å². The van der Waals surface area contributed by atoms with Crippen LogP contribution in [0.5, 0.6) is 0 Å². The van der Waals surface area contributed by atoms with Crippen molar-refractivity contribution in [3.63, 3.8) is 0 Å². The second-order valence-corrected chi connectivity index (χ2v) is 7.22. The summed E-state index contributed by atoms with van der Waals surface area (Å²) in [5.41, 5.74) is 1.12. The number of nitrogens with one attached hydrogen (secondary N) is 1. The largest absolute Gasteiger partial charge is 0.480 e. The molecule has 1 aliphatic carbocycles. The Balaban J connectivity index is 1.82. The minimum atomic E-state index is -1.17. The van der Waals surface area contributed by atoms with Gasteiger partial charge in [0.15, 0.2) is 0 Å². The summed E-state index contributed by atoms with van der Waals surface area (Å²) in [6, 6.07) is 5.95. The van der Waals surface area contributed by atoms with Gasteiger partial charge in [-0.1, -0.05) is 22.0 Å². The van der Waals surface area contributed by atoms with Crippen LogP contribution in [-0.2, 0) is 15.3 Å². The van der Waals surface area contributed by atoms with Gasteiger partial charge in [0, 0.05) is 16.0 Å². The predicted octanol–water partition coefficient (Wildman–Crippen LogP) is 2.72. The van der Waals surface area contributed by atoms with E-state index in [9.17, 15) is 9.59 Å². The SMILES string of the molecule is O=C(O)C1(C(=O)NC2CSCc3ccc(Br)cc32)CC1. The number of hydrogen-bond donors (Lipinski definition) is 2. The van der Waals surface area contributed by atoms with Crippen molar-refractivity contribution < 1.29 is 14.7 Å². The topological polar surface area (TPSA) is 66.4 Å². The van der Waals surface area contributed by atoms with Gasteiger partial charge in [0.25, 0.3) is 0 Å². The zero-order valence-corrected chi connectivity index (χ0v) is 13.1. The molecule has 1 aromatic carbocycles. The first-order valence-corrected chi connectivity index (χ1v) is 8.38. The predicted molar refractivity (Wildman–Crippen MR) is 80.5 cm³/mol. The fourth-order valence-corrected chi connectivity index (χ4v) is 3.96. The third-order valence-electron chi connectivity index (χ3n) is 3.92. The molecule has 0 spiro atoms. The average Bonchev–Trinajstić information content (AvgIpc) is 3.21. The summed E-state index contributed by atoms with van der Waals surface area (Å²) in [5.74, 6) is 0.362. The highest BCUT2D eigenvalue weighted by Gasteiger charge is 2.57. The standard InChI is InChI=1S/C14H14BrNO3S/c15-9-2-1-8-6-20-7-11(10(8)5-9)16-12(17)14(3-4-14)13(18)19/h1-2,5,11H,3-4,6-7H2,(H,16,17)(H,18,19). The third kappa shape index (κ3) is 2.35. The molecule has 1 aromatic rings. The maximum atomic E-state index is 12.2. The number of aliphatic carboxylic acids is 1.